The molecule has 0 atom stereocenters. The molecule has 1 aromatic rings. The van der Waals surface area contributed by atoms with Gasteiger partial charge in [0.25, 0.3) is 5.09 Å². The van der Waals surface area contributed by atoms with Gasteiger partial charge in [-0.25, -0.2) is 4.98 Å². The van der Waals surface area contributed by atoms with Crippen LogP contribution in [0.3, 0.4) is 0 Å². The molecule has 0 saturated heterocycles. The minimum Gasteiger partial charge on any atom is -0.335 e. The Morgan fingerprint density at radius 2 is 2.23 bits per heavy atom. The highest BCUT2D eigenvalue weighted by atomic mass is 16.9. The van der Waals surface area contributed by atoms with Crippen molar-refractivity contribution in [2.75, 3.05) is 0 Å². The lowest BCUT2D eigenvalue weighted by Gasteiger charge is -1.98. The van der Waals surface area contributed by atoms with Gasteiger partial charge in [-0.05, 0) is 6.92 Å². The maximum absolute atomic E-state index is 8.36. The van der Waals surface area contributed by atoms with Crippen LogP contribution >= 0.6 is 0 Å². The first-order chi connectivity index (χ1) is 6.11. The molecule has 74 valence electrons. The van der Waals surface area contributed by atoms with Crippen LogP contribution in [-0.4, -0.2) is 19.8 Å². The first-order valence-electron chi connectivity index (χ1n) is 3.95. The lowest BCUT2D eigenvalue weighted by molar-refractivity contribution is -0.742. The number of aromatic nitrogens is 2. The highest BCUT2D eigenvalue weighted by Gasteiger charge is 1.94. The molecular weight excluding hydrogens is 174 g/mol. The molecule has 0 radical (unpaired) electrons. The zero-order chi connectivity index (χ0) is 10.3. The number of nitrogens with zero attached hydrogens (tertiary/aromatic N) is 3. The van der Waals surface area contributed by atoms with Gasteiger partial charge in [0, 0.05) is 25.4 Å². The molecule has 0 unspecified atom stereocenters. The van der Waals surface area contributed by atoms with Gasteiger partial charge >= 0.3 is 0 Å². The molecular formula is C7H13N3O3. The highest BCUT2D eigenvalue weighted by molar-refractivity contribution is 4.90. The highest BCUT2D eigenvalue weighted by Crippen LogP contribution is 1.96. The molecule has 0 aliphatic rings. The summed E-state index contributed by atoms with van der Waals surface area (Å²) in [7, 11) is 0. The number of hydrogen-bond acceptors (Lipinski definition) is 3. The van der Waals surface area contributed by atoms with Crippen molar-refractivity contribution in [3.8, 4) is 0 Å². The van der Waals surface area contributed by atoms with Crippen LogP contribution in [0.25, 0.3) is 0 Å². The van der Waals surface area contributed by atoms with Crippen LogP contribution in [-0.2, 0) is 13.0 Å². The summed E-state index contributed by atoms with van der Waals surface area (Å²) in [5.74, 6) is 1.18. The molecule has 6 nitrogen and oxygen atoms in total. The Bertz CT molecular complexity index is 237. The topological polar surface area (TPSA) is 81.2 Å². The summed E-state index contributed by atoms with van der Waals surface area (Å²) in [5.41, 5.74) is 0. The number of rotatable bonds is 2. The second-order valence-corrected chi connectivity index (χ2v) is 2.22. The van der Waals surface area contributed by atoms with Gasteiger partial charge in [-0.2, -0.15) is 0 Å². The van der Waals surface area contributed by atoms with E-state index >= 15 is 0 Å². The lowest BCUT2D eigenvalue weighted by atomic mass is 10.4. The zero-order valence-corrected chi connectivity index (χ0v) is 7.67. The Morgan fingerprint density at radius 1 is 1.69 bits per heavy atom. The maximum atomic E-state index is 8.36. The molecule has 1 rings (SSSR count). The smallest absolute Gasteiger partial charge is 0.291 e. The molecule has 1 aromatic heterocycles. The van der Waals surface area contributed by atoms with E-state index in [1.165, 1.54) is 5.82 Å². The molecule has 0 spiro atoms. The van der Waals surface area contributed by atoms with Crippen LogP contribution in [0.1, 0.15) is 19.7 Å². The van der Waals surface area contributed by atoms with Crippen LogP contribution in [0, 0.1) is 10.1 Å². The van der Waals surface area contributed by atoms with E-state index in [0.717, 1.165) is 13.0 Å². The van der Waals surface area contributed by atoms with E-state index < -0.39 is 5.09 Å². The van der Waals surface area contributed by atoms with Crippen molar-refractivity contribution in [3.63, 3.8) is 0 Å². The Morgan fingerprint density at radius 3 is 2.54 bits per heavy atom. The summed E-state index contributed by atoms with van der Waals surface area (Å²) < 4.78 is 2.15. The number of hydrogen-bond donors (Lipinski definition) is 1. The summed E-state index contributed by atoms with van der Waals surface area (Å²) in [6.07, 6.45) is 4.89. The Balaban J connectivity index is 0.000000310. The fourth-order valence-electron chi connectivity index (χ4n) is 0.942. The predicted molar refractivity (Wildman–Crippen MR) is 46.1 cm³/mol. The van der Waals surface area contributed by atoms with Gasteiger partial charge in [0.05, 0.1) is 0 Å². The Hall–Kier alpha value is -1.59. The predicted octanol–water partition coefficient (Wildman–Crippen LogP) is 1.12. The van der Waals surface area contributed by atoms with Crippen molar-refractivity contribution in [1.29, 1.82) is 0 Å². The monoisotopic (exact) mass is 187 g/mol. The largest absolute Gasteiger partial charge is 0.335 e. The van der Waals surface area contributed by atoms with Gasteiger partial charge in [-0.15, -0.1) is 10.1 Å². The second kappa shape index (κ2) is 5.99. The van der Waals surface area contributed by atoms with E-state index in [4.69, 9.17) is 15.3 Å². The van der Waals surface area contributed by atoms with Crippen molar-refractivity contribution in [2.24, 2.45) is 0 Å². The van der Waals surface area contributed by atoms with E-state index in [1.54, 1.807) is 0 Å². The number of imidazole rings is 1. The maximum Gasteiger partial charge on any atom is 0.291 e. The number of aryl methyl sites for hydroxylation is 2. The van der Waals surface area contributed by atoms with Gasteiger partial charge < -0.3 is 9.77 Å². The third-order valence-corrected chi connectivity index (χ3v) is 1.46. The third-order valence-electron chi connectivity index (χ3n) is 1.46. The molecule has 0 bridgehead atoms. The van der Waals surface area contributed by atoms with Crippen molar-refractivity contribution >= 4 is 0 Å². The van der Waals surface area contributed by atoms with E-state index in [1.807, 2.05) is 12.4 Å². The van der Waals surface area contributed by atoms with Crippen LogP contribution in [0.4, 0.5) is 0 Å². The SMILES string of the molecule is CCc1nccn1CC.O=[N+]([O-])O. The first-order valence-corrected chi connectivity index (χ1v) is 3.95. The van der Waals surface area contributed by atoms with E-state index in [9.17, 15) is 0 Å². The minimum atomic E-state index is -1.50. The summed E-state index contributed by atoms with van der Waals surface area (Å²) in [6.45, 7) is 5.28. The molecule has 0 fully saturated rings. The van der Waals surface area contributed by atoms with E-state index in [0.29, 0.717) is 0 Å². The molecule has 0 aromatic carbocycles. The van der Waals surface area contributed by atoms with Crippen LogP contribution in [0.15, 0.2) is 12.4 Å². The van der Waals surface area contributed by atoms with Crippen LogP contribution in [0.5, 0.6) is 0 Å². The summed E-state index contributed by atoms with van der Waals surface area (Å²) in [5, 5.41) is 13.6. The molecule has 1 N–H and O–H groups in total. The lowest BCUT2D eigenvalue weighted by Crippen LogP contribution is -1.98. The Labute approximate surface area is 75.9 Å². The van der Waals surface area contributed by atoms with Gasteiger partial charge in [-0.3, -0.25) is 0 Å². The fourth-order valence-corrected chi connectivity index (χ4v) is 0.942. The van der Waals surface area contributed by atoms with Gasteiger partial charge in [0.2, 0.25) is 0 Å². The minimum absolute atomic E-state index is 1.03. The van der Waals surface area contributed by atoms with Crippen molar-refractivity contribution in [1.82, 2.24) is 9.55 Å². The third kappa shape index (κ3) is 4.78. The van der Waals surface area contributed by atoms with Crippen molar-refractivity contribution in [3.05, 3.63) is 28.3 Å². The van der Waals surface area contributed by atoms with Gasteiger partial charge in [-0.1, -0.05) is 6.92 Å². The first kappa shape index (κ1) is 11.4. The van der Waals surface area contributed by atoms with Gasteiger partial charge in [0.15, 0.2) is 0 Å². The molecule has 0 aliphatic heterocycles. The van der Waals surface area contributed by atoms with Crippen molar-refractivity contribution < 1.29 is 10.3 Å². The quantitative estimate of drug-likeness (QED) is 0.555. The summed E-state index contributed by atoms with van der Waals surface area (Å²) in [6, 6.07) is 0. The molecule has 13 heavy (non-hydrogen) atoms. The van der Waals surface area contributed by atoms with Crippen LogP contribution in [0.2, 0.25) is 0 Å². The fraction of sp³-hybridized carbons (Fsp3) is 0.571. The van der Waals surface area contributed by atoms with E-state index in [2.05, 4.69) is 23.4 Å². The van der Waals surface area contributed by atoms with Crippen molar-refractivity contribution in [2.45, 2.75) is 26.8 Å². The molecule has 0 amide bonds. The molecule has 0 aliphatic carbocycles. The average molecular weight is 187 g/mol. The zero-order valence-electron chi connectivity index (χ0n) is 7.67. The summed E-state index contributed by atoms with van der Waals surface area (Å²) in [4.78, 5) is 12.5. The normalized spacial score (nSPS) is 8.77. The van der Waals surface area contributed by atoms with Gasteiger partial charge in [0.1, 0.15) is 5.82 Å². The second-order valence-electron chi connectivity index (χ2n) is 2.22. The van der Waals surface area contributed by atoms with E-state index in [-0.39, 0.29) is 0 Å². The van der Waals surface area contributed by atoms with Crippen LogP contribution < -0.4 is 0 Å². The molecule has 6 heteroatoms. The standard InChI is InChI=1S/C7H12N2.HNO3/c1-3-7-8-5-6-9(7)4-2;2-1(3)4/h5-6H,3-4H2,1-2H3;(H,2,3,4). The Kier molecular flexibility index (Phi) is 5.25. The molecule has 0 saturated carbocycles. The molecule has 1 heterocycles. The average Bonchev–Trinajstić information content (AvgIpc) is 2.49. The summed E-state index contributed by atoms with van der Waals surface area (Å²) >= 11 is 0.